The van der Waals surface area contributed by atoms with Crippen molar-refractivity contribution >= 4 is 0 Å². The van der Waals surface area contributed by atoms with Gasteiger partial charge in [0.1, 0.15) is 23.4 Å². The van der Waals surface area contributed by atoms with E-state index in [2.05, 4.69) is 0 Å². The third-order valence-corrected chi connectivity index (χ3v) is 3.37. The molecule has 3 atom stereocenters. The van der Waals surface area contributed by atoms with Crippen LogP contribution in [0.25, 0.3) is 0 Å². The van der Waals surface area contributed by atoms with Crippen LogP contribution >= 0.6 is 0 Å². The fraction of sp³-hybridized carbons (Fsp3) is 0.571. The summed E-state index contributed by atoms with van der Waals surface area (Å²) in [5.41, 5.74) is 0.338. The molecule has 0 radical (unpaired) electrons. The van der Waals surface area contributed by atoms with Crippen LogP contribution in [0, 0.1) is 0 Å². The molecular weight excluding hydrogens is 248 g/mol. The number of hydrogen-bond acceptors (Lipinski definition) is 5. The molecule has 0 spiro atoms. The number of rotatable bonds is 4. The van der Waals surface area contributed by atoms with Crippen LogP contribution in [-0.2, 0) is 0 Å². The first-order valence-electron chi connectivity index (χ1n) is 6.56. The minimum absolute atomic E-state index is 0.0897. The van der Waals surface area contributed by atoms with Crippen molar-refractivity contribution < 1.29 is 25.2 Å². The minimum Gasteiger partial charge on any atom is -0.508 e. The summed E-state index contributed by atoms with van der Waals surface area (Å²) in [6.07, 6.45) is 1.32. The molecule has 0 saturated heterocycles. The molecule has 106 valence electrons. The molecule has 1 heterocycles. The Kier molecular flexibility index (Phi) is 4.17. The largest absolute Gasteiger partial charge is 0.508 e. The van der Waals surface area contributed by atoms with Gasteiger partial charge in [0, 0.05) is 18.6 Å². The summed E-state index contributed by atoms with van der Waals surface area (Å²) in [7, 11) is 0. The summed E-state index contributed by atoms with van der Waals surface area (Å²) in [6, 6.07) is 2.60. The van der Waals surface area contributed by atoms with E-state index in [1.165, 1.54) is 12.1 Å². The van der Waals surface area contributed by atoms with E-state index in [-0.39, 0.29) is 23.7 Å². The molecule has 0 amide bonds. The molecule has 1 aliphatic heterocycles. The Bertz CT molecular complexity index is 444. The monoisotopic (exact) mass is 268 g/mol. The molecule has 4 N–H and O–H groups in total. The van der Waals surface area contributed by atoms with E-state index in [0.29, 0.717) is 24.2 Å². The lowest BCUT2D eigenvalue weighted by Crippen LogP contribution is -2.26. The van der Waals surface area contributed by atoms with Crippen molar-refractivity contribution in [2.45, 2.75) is 50.9 Å². The quantitative estimate of drug-likeness (QED) is 0.669. The fourth-order valence-corrected chi connectivity index (χ4v) is 2.44. The first kappa shape index (κ1) is 14.0. The van der Waals surface area contributed by atoms with Crippen molar-refractivity contribution in [3.63, 3.8) is 0 Å². The SMILES string of the molecule is CC(O)CCC[C@H]1CC(O)c2c(O)cc(O)cc2O1. The van der Waals surface area contributed by atoms with Gasteiger partial charge in [-0.1, -0.05) is 0 Å². The van der Waals surface area contributed by atoms with Crippen LogP contribution in [0.5, 0.6) is 17.2 Å². The maximum Gasteiger partial charge on any atom is 0.132 e. The van der Waals surface area contributed by atoms with Gasteiger partial charge >= 0.3 is 0 Å². The maximum atomic E-state index is 10.0. The highest BCUT2D eigenvalue weighted by Crippen LogP contribution is 2.43. The van der Waals surface area contributed by atoms with E-state index in [0.717, 1.165) is 12.8 Å². The smallest absolute Gasteiger partial charge is 0.132 e. The molecular formula is C14H20O5. The first-order valence-corrected chi connectivity index (χ1v) is 6.56. The predicted octanol–water partition coefficient (Wildman–Crippen LogP) is 1.83. The number of aromatic hydroxyl groups is 2. The Hall–Kier alpha value is -1.46. The molecule has 5 heteroatoms. The molecule has 0 bridgehead atoms. The number of aliphatic hydroxyl groups is 2. The first-order chi connectivity index (χ1) is 8.97. The lowest BCUT2D eigenvalue weighted by atomic mass is 9.95. The summed E-state index contributed by atoms with van der Waals surface area (Å²) in [6.45, 7) is 1.74. The maximum absolute atomic E-state index is 10.0. The molecule has 19 heavy (non-hydrogen) atoms. The topological polar surface area (TPSA) is 90.2 Å². The molecule has 2 unspecified atom stereocenters. The van der Waals surface area contributed by atoms with E-state index < -0.39 is 6.10 Å². The zero-order valence-corrected chi connectivity index (χ0v) is 10.9. The normalized spacial score (nSPS) is 23.5. The number of ether oxygens (including phenoxy) is 1. The third kappa shape index (κ3) is 3.30. The highest BCUT2D eigenvalue weighted by atomic mass is 16.5. The lowest BCUT2D eigenvalue weighted by Gasteiger charge is -2.30. The van der Waals surface area contributed by atoms with Crippen LogP contribution in [-0.4, -0.2) is 32.6 Å². The van der Waals surface area contributed by atoms with Crippen LogP contribution in [0.3, 0.4) is 0 Å². The van der Waals surface area contributed by atoms with Crippen molar-refractivity contribution in [3.05, 3.63) is 17.7 Å². The zero-order chi connectivity index (χ0) is 14.0. The van der Waals surface area contributed by atoms with Crippen LogP contribution in [0.15, 0.2) is 12.1 Å². The summed E-state index contributed by atoms with van der Waals surface area (Å²) in [5, 5.41) is 38.4. The molecule has 5 nitrogen and oxygen atoms in total. The molecule has 1 aromatic rings. The summed E-state index contributed by atoms with van der Waals surface area (Å²) >= 11 is 0. The van der Waals surface area contributed by atoms with Crippen molar-refractivity contribution in [1.29, 1.82) is 0 Å². The van der Waals surface area contributed by atoms with Crippen molar-refractivity contribution in [3.8, 4) is 17.2 Å². The van der Waals surface area contributed by atoms with Crippen molar-refractivity contribution in [2.24, 2.45) is 0 Å². The van der Waals surface area contributed by atoms with Crippen LogP contribution in [0.1, 0.15) is 44.3 Å². The van der Waals surface area contributed by atoms with Crippen molar-refractivity contribution in [2.75, 3.05) is 0 Å². The summed E-state index contributed by atoms with van der Waals surface area (Å²) in [5.74, 6) is 0.0938. The second-order valence-corrected chi connectivity index (χ2v) is 5.15. The summed E-state index contributed by atoms with van der Waals surface area (Å²) in [4.78, 5) is 0. The van der Waals surface area contributed by atoms with Crippen LogP contribution in [0.2, 0.25) is 0 Å². The van der Waals surface area contributed by atoms with Crippen molar-refractivity contribution in [1.82, 2.24) is 0 Å². The van der Waals surface area contributed by atoms with Gasteiger partial charge in [-0.05, 0) is 26.2 Å². The van der Waals surface area contributed by atoms with Gasteiger partial charge in [-0.2, -0.15) is 0 Å². The number of phenols is 2. The van der Waals surface area contributed by atoms with E-state index in [1.54, 1.807) is 6.92 Å². The molecule has 2 rings (SSSR count). The Morgan fingerprint density at radius 1 is 1.37 bits per heavy atom. The zero-order valence-electron chi connectivity index (χ0n) is 10.9. The number of phenolic OH excluding ortho intramolecular Hbond substituents is 2. The Balaban J connectivity index is 2.06. The standard InChI is InChI=1S/C14H20O5/c1-8(15)3-2-4-10-7-12(18)14-11(17)5-9(16)6-13(14)19-10/h5-6,8,10,12,15-18H,2-4,7H2,1H3/t8?,10-,12?/m0/s1. The number of benzene rings is 1. The number of aliphatic hydroxyl groups excluding tert-OH is 2. The Labute approximate surface area is 112 Å². The molecule has 0 aromatic heterocycles. The van der Waals surface area contributed by atoms with Crippen LogP contribution in [0.4, 0.5) is 0 Å². The second kappa shape index (κ2) is 5.67. The third-order valence-electron chi connectivity index (χ3n) is 3.37. The second-order valence-electron chi connectivity index (χ2n) is 5.15. The van der Waals surface area contributed by atoms with Gasteiger partial charge in [0.25, 0.3) is 0 Å². The van der Waals surface area contributed by atoms with Gasteiger partial charge in [-0.25, -0.2) is 0 Å². The van der Waals surface area contributed by atoms with E-state index in [1.807, 2.05) is 0 Å². The Morgan fingerprint density at radius 3 is 2.79 bits per heavy atom. The van der Waals surface area contributed by atoms with Gasteiger partial charge in [-0.3, -0.25) is 0 Å². The Morgan fingerprint density at radius 2 is 2.11 bits per heavy atom. The van der Waals surface area contributed by atoms with Gasteiger partial charge in [0.2, 0.25) is 0 Å². The van der Waals surface area contributed by atoms with Crippen LogP contribution < -0.4 is 4.74 Å². The minimum atomic E-state index is -0.791. The molecule has 1 aliphatic rings. The van der Waals surface area contributed by atoms with Gasteiger partial charge in [0.15, 0.2) is 0 Å². The van der Waals surface area contributed by atoms with Gasteiger partial charge in [0.05, 0.1) is 17.8 Å². The highest BCUT2D eigenvalue weighted by molar-refractivity contribution is 5.51. The average molecular weight is 268 g/mol. The van der Waals surface area contributed by atoms with E-state index >= 15 is 0 Å². The fourth-order valence-electron chi connectivity index (χ4n) is 2.44. The number of hydrogen-bond donors (Lipinski definition) is 4. The molecule has 0 fully saturated rings. The molecule has 0 aliphatic carbocycles. The average Bonchev–Trinajstić information content (AvgIpc) is 2.26. The van der Waals surface area contributed by atoms with E-state index in [9.17, 15) is 20.4 Å². The van der Waals surface area contributed by atoms with Gasteiger partial charge in [-0.15, -0.1) is 0 Å². The van der Waals surface area contributed by atoms with E-state index in [4.69, 9.17) is 4.74 Å². The lowest BCUT2D eigenvalue weighted by molar-refractivity contribution is 0.0561. The number of fused-ring (bicyclic) bond motifs is 1. The highest BCUT2D eigenvalue weighted by Gasteiger charge is 2.29. The molecule has 1 aromatic carbocycles. The predicted molar refractivity (Wildman–Crippen MR) is 69.3 cm³/mol. The molecule has 0 saturated carbocycles. The summed E-state index contributed by atoms with van der Waals surface area (Å²) < 4.78 is 5.68. The van der Waals surface area contributed by atoms with Gasteiger partial charge < -0.3 is 25.2 Å².